The van der Waals surface area contributed by atoms with Crippen LogP contribution in [0.4, 0.5) is 4.39 Å². The molecule has 0 bridgehead atoms. The molecule has 0 radical (unpaired) electrons. The molecule has 88 valence electrons. The lowest BCUT2D eigenvalue weighted by atomic mass is 9.92. The van der Waals surface area contributed by atoms with Gasteiger partial charge in [-0.2, -0.15) is 0 Å². The van der Waals surface area contributed by atoms with E-state index in [-0.39, 0.29) is 11.9 Å². The van der Waals surface area contributed by atoms with E-state index in [0.717, 1.165) is 12.8 Å². The highest BCUT2D eigenvalue weighted by Gasteiger charge is 2.27. The van der Waals surface area contributed by atoms with Gasteiger partial charge in [-0.3, -0.25) is 11.3 Å². The summed E-state index contributed by atoms with van der Waals surface area (Å²) in [6.07, 6.45) is 4.63. The Hall–Kier alpha value is -0.640. The van der Waals surface area contributed by atoms with Crippen LogP contribution in [0.5, 0.6) is 0 Å². The average Bonchev–Trinajstić information content (AvgIpc) is 2.75. The van der Waals surface area contributed by atoms with Crippen LogP contribution in [-0.4, -0.2) is 0 Å². The molecule has 1 saturated carbocycles. The van der Waals surface area contributed by atoms with E-state index in [9.17, 15) is 4.39 Å². The Kier molecular flexibility index (Phi) is 3.79. The molecule has 1 aromatic carbocycles. The van der Waals surface area contributed by atoms with Crippen LogP contribution >= 0.6 is 11.6 Å². The monoisotopic (exact) mass is 242 g/mol. The van der Waals surface area contributed by atoms with Gasteiger partial charge in [-0.05, 0) is 30.9 Å². The molecule has 1 atom stereocenters. The molecule has 1 unspecified atom stereocenters. The highest BCUT2D eigenvalue weighted by atomic mass is 35.5. The minimum absolute atomic E-state index is 0.0974. The topological polar surface area (TPSA) is 38.0 Å². The number of hydrazine groups is 1. The van der Waals surface area contributed by atoms with Crippen molar-refractivity contribution in [3.05, 3.63) is 34.6 Å². The average molecular weight is 243 g/mol. The molecular weight excluding hydrogens is 227 g/mol. The van der Waals surface area contributed by atoms with Crippen LogP contribution < -0.4 is 11.3 Å². The largest absolute Gasteiger partial charge is 0.271 e. The van der Waals surface area contributed by atoms with Crippen molar-refractivity contribution in [3.8, 4) is 0 Å². The Morgan fingerprint density at radius 1 is 1.38 bits per heavy atom. The maximum Gasteiger partial charge on any atom is 0.129 e. The number of nitrogens with two attached hydrogens (primary N) is 1. The molecule has 2 rings (SSSR count). The normalized spacial score (nSPS) is 18.9. The predicted molar refractivity (Wildman–Crippen MR) is 63.4 cm³/mol. The maximum absolute atomic E-state index is 13.8. The zero-order valence-corrected chi connectivity index (χ0v) is 9.80. The maximum atomic E-state index is 13.8. The van der Waals surface area contributed by atoms with Crippen LogP contribution in [-0.2, 0) is 0 Å². The molecule has 16 heavy (non-hydrogen) atoms. The SMILES string of the molecule is NNC(c1ccc(Cl)cc1F)C1CCCC1. The zero-order chi connectivity index (χ0) is 11.5. The third-order valence-electron chi connectivity index (χ3n) is 3.35. The number of halogens is 2. The third kappa shape index (κ3) is 2.37. The minimum Gasteiger partial charge on any atom is -0.271 e. The van der Waals surface area contributed by atoms with Gasteiger partial charge >= 0.3 is 0 Å². The van der Waals surface area contributed by atoms with Crippen LogP contribution in [0.2, 0.25) is 5.02 Å². The highest BCUT2D eigenvalue weighted by molar-refractivity contribution is 6.30. The molecule has 0 spiro atoms. The van der Waals surface area contributed by atoms with Crippen molar-refractivity contribution < 1.29 is 4.39 Å². The van der Waals surface area contributed by atoms with Crippen molar-refractivity contribution in [2.24, 2.45) is 11.8 Å². The molecule has 2 nitrogen and oxygen atoms in total. The lowest BCUT2D eigenvalue weighted by Gasteiger charge is -2.23. The van der Waals surface area contributed by atoms with Gasteiger partial charge in [-0.1, -0.05) is 30.5 Å². The van der Waals surface area contributed by atoms with Crippen molar-refractivity contribution in [1.29, 1.82) is 0 Å². The van der Waals surface area contributed by atoms with E-state index in [1.165, 1.54) is 18.9 Å². The summed E-state index contributed by atoms with van der Waals surface area (Å²) in [7, 11) is 0. The van der Waals surface area contributed by atoms with Gasteiger partial charge < -0.3 is 0 Å². The second-order valence-corrected chi connectivity index (χ2v) is 4.79. The molecule has 4 heteroatoms. The standard InChI is InChI=1S/C12H16ClFN2/c13-9-5-6-10(11(14)7-9)12(16-15)8-3-1-2-4-8/h5-8,12,16H,1-4,15H2. The first-order valence-electron chi connectivity index (χ1n) is 5.63. The van der Waals surface area contributed by atoms with Gasteiger partial charge in [-0.25, -0.2) is 4.39 Å². The molecule has 0 aromatic heterocycles. The fraction of sp³-hybridized carbons (Fsp3) is 0.500. The van der Waals surface area contributed by atoms with Crippen molar-refractivity contribution in [2.45, 2.75) is 31.7 Å². The summed E-state index contributed by atoms with van der Waals surface area (Å²) in [4.78, 5) is 0. The molecule has 0 saturated heterocycles. The van der Waals surface area contributed by atoms with Gasteiger partial charge in [0, 0.05) is 10.6 Å². The number of nitrogens with one attached hydrogen (secondary N) is 1. The van der Waals surface area contributed by atoms with Gasteiger partial charge in [-0.15, -0.1) is 0 Å². The number of hydrogen-bond acceptors (Lipinski definition) is 2. The first kappa shape index (κ1) is 11.8. The number of rotatable bonds is 3. The zero-order valence-electron chi connectivity index (χ0n) is 9.05. The molecule has 1 aromatic rings. The number of hydrogen-bond donors (Lipinski definition) is 2. The minimum atomic E-state index is -0.276. The van der Waals surface area contributed by atoms with Gasteiger partial charge in [0.25, 0.3) is 0 Å². The van der Waals surface area contributed by atoms with Crippen molar-refractivity contribution in [2.75, 3.05) is 0 Å². The quantitative estimate of drug-likeness (QED) is 0.631. The molecule has 3 N–H and O–H groups in total. The Balaban J connectivity index is 2.25. The van der Waals surface area contributed by atoms with Crippen molar-refractivity contribution in [3.63, 3.8) is 0 Å². The third-order valence-corrected chi connectivity index (χ3v) is 3.58. The summed E-state index contributed by atoms with van der Waals surface area (Å²) < 4.78 is 13.8. The second-order valence-electron chi connectivity index (χ2n) is 4.35. The first-order valence-corrected chi connectivity index (χ1v) is 6.01. The van der Waals surface area contributed by atoms with E-state index < -0.39 is 0 Å². The summed E-state index contributed by atoms with van der Waals surface area (Å²) >= 11 is 5.73. The fourth-order valence-corrected chi connectivity index (χ4v) is 2.68. The second kappa shape index (κ2) is 5.13. The van der Waals surface area contributed by atoms with Gasteiger partial charge in [0.05, 0.1) is 6.04 Å². The van der Waals surface area contributed by atoms with Gasteiger partial charge in [0.1, 0.15) is 5.82 Å². The van der Waals surface area contributed by atoms with E-state index in [1.807, 2.05) is 0 Å². The van der Waals surface area contributed by atoms with Crippen LogP contribution in [0.15, 0.2) is 18.2 Å². The summed E-state index contributed by atoms with van der Waals surface area (Å²) in [6, 6.07) is 4.68. The Labute approximate surface area is 99.9 Å². The Bertz CT molecular complexity index is 364. The van der Waals surface area contributed by atoms with Crippen molar-refractivity contribution >= 4 is 11.6 Å². The summed E-state index contributed by atoms with van der Waals surface area (Å²) in [6.45, 7) is 0. The molecule has 0 aliphatic heterocycles. The predicted octanol–water partition coefficient (Wildman–Crippen LogP) is 3.17. The van der Waals surface area contributed by atoms with Crippen LogP contribution in [0.1, 0.15) is 37.3 Å². The van der Waals surface area contributed by atoms with E-state index in [0.29, 0.717) is 16.5 Å². The lowest BCUT2D eigenvalue weighted by Crippen LogP contribution is -2.33. The molecule has 1 aliphatic rings. The van der Waals surface area contributed by atoms with Crippen molar-refractivity contribution in [1.82, 2.24) is 5.43 Å². The van der Waals surface area contributed by atoms with Gasteiger partial charge in [0.15, 0.2) is 0 Å². The highest BCUT2D eigenvalue weighted by Crippen LogP contribution is 2.36. The van der Waals surface area contributed by atoms with Crippen LogP contribution in [0.3, 0.4) is 0 Å². The summed E-state index contributed by atoms with van der Waals surface area (Å²) in [5.74, 6) is 5.70. The first-order chi connectivity index (χ1) is 7.72. The summed E-state index contributed by atoms with van der Waals surface area (Å²) in [5, 5.41) is 0.420. The molecule has 0 amide bonds. The van der Waals surface area contributed by atoms with Crippen LogP contribution in [0, 0.1) is 11.7 Å². The van der Waals surface area contributed by atoms with E-state index >= 15 is 0 Å². The smallest absolute Gasteiger partial charge is 0.129 e. The molecule has 1 fully saturated rings. The van der Waals surface area contributed by atoms with Crippen LogP contribution in [0.25, 0.3) is 0 Å². The van der Waals surface area contributed by atoms with Gasteiger partial charge in [0.2, 0.25) is 0 Å². The molecule has 0 heterocycles. The number of benzene rings is 1. The molecular formula is C12H16ClFN2. The van der Waals surface area contributed by atoms with E-state index in [1.54, 1.807) is 12.1 Å². The summed E-state index contributed by atoms with van der Waals surface area (Å²) in [5.41, 5.74) is 3.36. The molecule has 1 aliphatic carbocycles. The van der Waals surface area contributed by atoms with E-state index in [4.69, 9.17) is 17.4 Å². The fourth-order valence-electron chi connectivity index (χ4n) is 2.52. The lowest BCUT2D eigenvalue weighted by molar-refractivity contribution is 0.362. The van der Waals surface area contributed by atoms with E-state index in [2.05, 4.69) is 5.43 Å². The Morgan fingerprint density at radius 2 is 2.06 bits per heavy atom. The Morgan fingerprint density at radius 3 is 2.62 bits per heavy atom.